The first-order valence-electron chi connectivity index (χ1n) is 7.44. The fraction of sp³-hybridized carbons (Fsp3) is 0.375. The Morgan fingerprint density at radius 2 is 2.19 bits per heavy atom. The number of imidazole rings is 2. The summed E-state index contributed by atoms with van der Waals surface area (Å²) < 4.78 is 4.43. The Morgan fingerprint density at radius 1 is 1.33 bits per heavy atom. The predicted octanol–water partition coefficient (Wildman–Crippen LogP) is 2.47. The van der Waals surface area contributed by atoms with Gasteiger partial charge in [0.05, 0.1) is 11.0 Å². The number of hydrogen-bond donors (Lipinski definition) is 1. The van der Waals surface area contributed by atoms with Crippen LogP contribution in [0.5, 0.6) is 0 Å². The Balaban J connectivity index is 1.72. The molecule has 1 aromatic carbocycles. The normalized spacial score (nSPS) is 14.9. The molecule has 1 aliphatic rings. The Kier molecular flexibility index (Phi) is 2.74. The van der Waals surface area contributed by atoms with E-state index < -0.39 is 0 Å². The van der Waals surface area contributed by atoms with Crippen LogP contribution in [0.15, 0.2) is 30.6 Å². The number of hydrogen-bond acceptors (Lipinski definition) is 3. The van der Waals surface area contributed by atoms with Crippen molar-refractivity contribution in [2.75, 3.05) is 5.73 Å². The Hall–Kier alpha value is -2.30. The fourth-order valence-electron chi connectivity index (χ4n) is 2.90. The molecule has 5 heteroatoms. The minimum Gasteiger partial charge on any atom is -0.399 e. The van der Waals surface area contributed by atoms with Crippen LogP contribution < -0.4 is 5.73 Å². The highest BCUT2D eigenvalue weighted by molar-refractivity contribution is 5.79. The van der Waals surface area contributed by atoms with Gasteiger partial charge in [-0.05, 0) is 31.0 Å². The molecule has 3 aromatic rings. The molecule has 4 rings (SSSR count). The van der Waals surface area contributed by atoms with Gasteiger partial charge in [0.15, 0.2) is 0 Å². The van der Waals surface area contributed by atoms with E-state index in [4.69, 9.17) is 10.7 Å². The SMILES string of the molecule is Cn1ccnc1CCn1c(C2CC2)nc2cc(N)ccc21. The van der Waals surface area contributed by atoms with Gasteiger partial charge in [0, 0.05) is 44.0 Å². The summed E-state index contributed by atoms with van der Waals surface area (Å²) in [4.78, 5) is 9.22. The lowest BCUT2D eigenvalue weighted by molar-refractivity contribution is 0.635. The second-order valence-electron chi connectivity index (χ2n) is 5.85. The second-order valence-corrected chi connectivity index (χ2v) is 5.85. The van der Waals surface area contributed by atoms with Gasteiger partial charge in [-0.3, -0.25) is 0 Å². The van der Waals surface area contributed by atoms with Crippen molar-refractivity contribution in [2.45, 2.75) is 31.7 Å². The average molecular weight is 281 g/mol. The van der Waals surface area contributed by atoms with E-state index in [0.29, 0.717) is 5.92 Å². The molecule has 5 nitrogen and oxygen atoms in total. The average Bonchev–Trinajstić information content (AvgIpc) is 3.14. The molecule has 0 atom stereocenters. The van der Waals surface area contributed by atoms with Crippen molar-refractivity contribution in [1.29, 1.82) is 0 Å². The van der Waals surface area contributed by atoms with Crippen LogP contribution in [-0.4, -0.2) is 19.1 Å². The summed E-state index contributed by atoms with van der Waals surface area (Å²) in [6.45, 7) is 0.914. The van der Waals surface area contributed by atoms with E-state index in [1.165, 1.54) is 24.2 Å². The number of anilines is 1. The van der Waals surface area contributed by atoms with E-state index in [0.717, 1.165) is 30.0 Å². The Bertz CT molecular complexity index is 794. The molecule has 2 N–H and O–H groups in total. The molecule has 1 aliphatic carbocycles. The number of aryl methyl sites for hydroxylation is 3. The molecular weight excluding hydrogens is 262 g/mol. The molecule has 0 bridgehead atoms. The molecule has 1 saturated carbocycles. The van der Waals surface area contributed by atoms with Crippen LogP contribution in [0.4, 0.5) is 5.69 Å². The third kappa shape index (κ3) is 2.18. The maximum absolute atomic E-state index is 5.88. The van der Waals surface area contributed by atoms with Gasteiger partial charge in [-0.25, -0.2) is 9.97 Å². The van der Waals surface area contributed by atoms with Gasteiger partial charge in [-0.2, -0.15) is 0 Å². The van der Waals surface area contributed by atoms with Crippen LogP contribution >= 0.6 is 0 Å². The van der Waals surface area contributed by atoms with Crippen molar-refractivity contribution in [1.82, 2.24) is 19.1 Å². The maximum Gasteiger partial charge on any atom is 0.113 e. The minimum absolute atomic E-state index is 0.625. The number of rotatable bonds is 4. The fourth-order valence-corrected chi connectivity index (χ4v) is 2.90. The van der Waals surface area contributed by atoms with Gasteiger partial charge in [-0.15, -0.1) is 0 Å². The Morgan fingerprint density at radius 3 is 2.90 bits per heavy atom. The van der Waals surface area contributed by atoms with Crippen molar-refractivity contribution in [3.63, 3.8) is 0 Å². The molecule has 1 fully saturated rings. The number of benzene rings is 1. The van der Waals surface area contributed by atoms with Crippen molar-refractivity contribution in [3.05, 3.63) is 42.2 Å². The molecule has 0 amide bonds. The summed E-state index contributed by atoms with van der Waals surface area (Å²) in [5.41, 5.74) is 8.85. The quantitative estimate of drug-likeness (QED) is 0.747. The first kappa shape index (κ1) is 12.4. The monoisotopic (exact) mass is 281 g/mol. The summed E-state index contributed by atoms with van der Waals surface area (Å²) in [6.07, 6.45) is 7.26. The van der Waals surface area contributed by atoms with Gasteiger partial charge in [0.2, 0.25) is 0 Å². The number of nitrogen functional groups attached to an aromatic ring is 1. The van der Waals surface area contributed by atoms with Gasteiger partial charge in [-0.1, -0.05) is 0 Å². The van der Waals surface area contributed by atoms with Gasteiger partial charge in [0.25, 0.3) is 0 Å². The molecule has 2 heterocycles. The van der Waals surface area contributed by atoms with Crippen molar-refractivity contribution < 1.29 is 0 Å². The van der Waals surface area contributed by atoms with Crippen LogP contribution in [0.3, 0.4) is 0 Å². The van der Waals surface area contributed by atoms with Crippen LogP contribution in [0, 0.1) is 0 Å². The van der Waals surface area contributed by atoms with E-state index >= 15 is 0 Å². The highest BCUT2D eigenvalue weighted by atomic mass is 15.1. The first-order valence-corrected chi connectivity index (χ1v) is 7.44. The van der Waals surface area contributed by atoms with E-state index in [1.54, 1.807) is 0 Å². The van der Waals surface area contributed by atoms with Gasteiger partial charge < -0.3 is 14.9 Å². The lowest BCUT2D eigenvalue weighted by Gasteiger charge is -2.09. The smallest absolute Gasteiger partial charge is 0.113 e. The van der Waals surface area contributed by atoms with E-state index in [2.05, 4.69) is 20.2 Å². The summed E-state index contributed by atoms with van der Waals surface area (Å²) in [7, 11) is 2.04. The standard InChI is InChI=1S/C16H19N5/c1-20-9-7-18-15(20)6-8-21-14-5-4-12(17)10-13(14)19-16(21)11-2-3-11/h4-5,7,9-11H,2-3,6,8,17H2,1H3. The number of nitrogens with zero attached hydrogens (tertiary/aromatic N) is 4. The van der Waals surface area contributed by atoms with Gasteiger partial charge >= 0.3 is 0 Å². The van der Waals surface area contributed by atoms with Crippen molar-refractivity contribution >= 4 is 16.7 Å². The molecule has 0 spiro atoms. The number of fused-ring (bicyclic) bond motifs is 1. The third-order valence-electron chi connectivity index (χ3n) is 4.22. The lowest BCUT2D eigenvalue weighted by Crippen LogP contribution is -2.08. The summed E-state index contributed by atoms with van der Waals surface area (Å²) in [6, 6.07) is 6.01. The zero-order valence-corrected chi connectivity index (χ0v) is 12.2. The molecule has 0 radical (unpaired) electrons. The molecule has 21 heavy (non-hydrogen) atoms. The van der Waals surface area contributed by atoms with E-state index in [-0.39, 0.29) is 0 Å². The predicted molar refractivity (Wildman–Crippen MR) is 83.0 cm³/mol. The van der Waals surface area contributed by atoms with Gasteiger partial charge in [0.1, 0.15) is 11.6 Å². The van der Waals surface area contributed by atoms with Crippen LogP contribution in [-0.2, 0) is 20.0 Å². The Labute approximate surface area is 123 Å². The van der Waals surface area contributed by atoms with Crippen molar-refractivity contribution in [2.24, 2.45) is 7.05 Å². The molecular formula is C16H19N5. The minimum atomic E-state index is 0.625. The van der Waals surface area contributed by atoms with E-state index in [1.807, 2.05) is 31.6 Å². The maximum atomic E-state index is 5.88. The zero-order chi connectivity index (χ0) is 14.4. The van der Waals surface area contributed by atoms with Crippen LogP contribution in [0.1, 0.15) is 30.4 Å². The zero-order valence-electron chi connectivity index (χ0n) is 12.2. The molecule has 108 valence electrons. The van der Waals surface area contributed by atoms with Crippen LogP contribution in [0.2, 0.25) is 0 Å². The van der Waals surface area contributed by atoms with Crippen molar-refractivity contribution in [3.8, 4) is 0 Å². The highest BCUT2D eigenvalue weighted by Gasteiger charge is 2.29. The third-order valence-corrected chi connectivity index (χ3v) is 4.22. The summed E-state index contributed by atoms with van der Waals surface area (Å²) >= 11 is 0. The highest BCUT2D eigenvalue weighted by Crippen LogP contribution is 2.40. The molecule has 2 aromatic heterocycles. The molecule has 0 unspecified atom stereocenters. The number of nitrogens with two attached hydrogens (primary N) is 1. The molecule has 0 saturated heterocycles. The topological polar surface area (TPSA) is 61.7 Å². The first-order chi connectivity index (χ1) is 10.2. The number of aromatic nitrogens is 4. The largest absolute Gasteiger partial charge is 0.399 e. The lowest BCUT2D eigenvalue weighted by atomic mass is 10.2. The molecule has 0 aliphatic heterocycles. The summed E-state index contributed by atoms with van der Waals surface area (Å²) in [5, 5.41) is 0. The van der Waals surface area contributed by atoms with Crippen LogP contribution in [0.25, 0.3) is 11.0 Å². The van der Waals surface area contributed by atoms with E-state index in [9.17, 15) is 0 Å². The summed E-state index contributed by atoms with van der Waals surface area (Å²) in [5.74, 6) is 2.94. The second kappa shape index (κ2) is 4.62.